The van der Waals surface area contributed by atoms with Crippen molar-refractivity contribution >= 4 is 27.6 Å². The van der Waals surface area contributed by atoms with Crippen molar-refractivity contribution in [3.05, 3.63) is 0 Å². The largest absolute Gasteiger partial charge is 0.468 e. The highest BCUT2D eigenvalue weighted by atomic mass is 35.5. The molecule has 0 aromatic rings. The number of hydrogen-bond donors (Lipinski definition) is 1. The zero-order valence-corrected chi connectivity index (χ0v) is 12.9. The van der Waals surface area contributed by atoms with Crippen molar-refractivity contribution in [1.82, 2.24) is 4.72 Å². The van der Waals surface area contributed by atoms with Gasteiger partial charge in [-0.2, -0.15) is 4.72 Å². The minimum absolute atomic E-state index is 0.00152. The Hall–Kier alpha value is -0.330. The maximum atomic E-state index is 12.0. The summed E-state index contributed by atoms with van der Waals surface area (Å²) >= 11 is 5.53. The molecule has 0 heterocycles. The van der Waals surface area contributed by atoms with Crippen LogP contribution in [0.4, 0.5) is 0 Å². The van der Waals surface area contributed by atoms with E-state index >= 15 is 0 Å². The van der Waals surface area contributed by atoms with Crippen LogP contribution in [0.5, 0.6) is 0 Å². The Kier molecular flexibility index (Phi) is 6.56. The highest BCUT2D eigenvalue weighted by molar-refractivity contribution is 7.89. The number of esters is 1. The van der Waals surface area contributed by atoms with E-state index in [1.807, 2.05) is 0 Å². The van der Waals surface area contributed by atoms with Gasteiger partial charge < -0.3 is 4.74 Å². The van der Waals surface area contributed by atoms with E-state index < -0.39 is 21.5 Å². The molecule has 1 N–H and O–H groups in total. The topological polar surface area (TPSA) is 72.5 Å². The molecule has 1 aliphatic rings. The normalized spacial score (nSPS) is 19.1. The highest BCUT2D eigenvalue weighted by Gasteiger charge is 2.43. The average Bonchev–Trinajstić information content (AvgIpc) is 2.38. The van der Waals surface area contributed by atoms with Gasteiger partial charge in [0.15, 0.2) is 0 Å². The Morgan fingerprint density at radius 1 is 1.26 bits per heavy atom. The van der Waals surface area contributed by atoms with E-state index in [1.165, 1.54) is 7.11 Å². The Morgan fingerprint density at radius 2 is 1.89 bits per heavy atom. The van der Waals surface area contributed by atoms with E-state index in [9.17, 15) is 13.2 Å². The van der Waals surface area contributed by atoms with Gasteiger partial charge in [0.1, 0.15) is 5.54 Å². The van der Waals surface area contributed by atoms with Crippen molar-refractivity contribution in [2.45, 2.75) is 50.5 Å². The number of carbonyl (C=O) groups is 1. The van der Waals surface area contributed by atoms with E-state index in [0.29, 0.717) is 31.6 Å². The van der Waals surface area contributed by atoms with Gasteiger partial charge in [-0.25, -0.2) is 8.42 Å². The summed E-state index contributed by atoms with van der Waals surface area (Å²) in [6.07, 6.45) is 4.85. The fraction of sp³-hybridized carbons (Fsp3) is 0.917. The van der Waals surface area contributed by atoms with E-state index in [1.54, 1.807) is 0 Å². The lowest BCUT2D eigenvalue weighted by Gasteiger charge is -2.34. The number of ether oxygens (including phenoxy) is 1. The molecule has 0 unspecified atom stereocenters. The van der Waals surface area contributed by atoms with Crippen molar-refractivity contribution in [2.24, 2.45) is 0 Å². The summed E-state index contributed by atoms with van der Waals surface area (Å²) in [6, 6.07) is 0. The SMILES string of the molecule is COC(=O)C1(NS(=O)(=O)CCCCCl)CCCCC1. The number of methoxy groups -OCH3 is 1. The lowest BCUT2D eigenvalue weighted by molar-refractivity contribution is -0.149. The number of alkyl halides is 1. The van der Waals surface area contributed by atoms with Crippen LogP contribution in [-0.4, -0.2) is 38.7 Å². The standard InChI is InChI=1S/C12H22ClNO4S/c1-18-11(15)12(7-3-2-4-8-12)14-19(16,17)10-6-5-9-13/h14H,2-10H2,1H3. The van der Waals surface area contributed by atoms with Gasteiger partial charge >= 0.3 is 5.97 Å². The van der Waals surface area contributed by atoms with Crippen LogP contribution in [0.1, 0.15) is 44.9 Å². The first-order valence-corrected chi connectivity index (χ1v) is 8.80. The lowest BCUT2D eigenvalue weighted by atomic mass is 9.83. The molecule has 0 aromatic heterocycles. The summed E-state index contributed by atoms with van der Waals surface area (Å²) in [5.41, 5.74) is -1.06. The smallest absolute Gasteiger partial charge is 0.327 e. The molecule has 0 aliphatic heterocycles. The molecule has 0 bridgehead atoms. The quantitative estimate of drug-likeness (QED) is 0.442. The van der Waals surface area contributed by atoms with Crippen LogP contribution < -0.4 is 4.72 Å². The maximum Gasteiger partial charge on any atom is 0.327 e. The zero-order chi connectivity index (χ0) is 14.4. The molecule has 0 aromatic carbocycles. The molecule has 1 aliphatic carbocycles. The van der Waals surface area contributed by atoms with Gasteiger partial charge in [-0.1, -0.05) is 19.3 Å². The van der Waals surface area contributed by atoms with Crippen LogP contribution in [0.3, 0.4) is 0 Å². The fourth-order valence-corrected chi connectivity index (χ4v) is 4.19. The number of unbranched alkanes of at least 4 members (excludes halogenated alkanes) is 1. The first-order chi connectivity index (χ1) is 8.96. The number of carbonyl (C=O) groups excluding carboxylic acids is 1. The van der Waals surface area contributed by atoms with Crippen molar-refractivity contribution in [1.29, 1.82) is 0 Å². The second-order valence-electron chi connectivity index (χ2n) is 4.95. The minimum Gasteiger partial charge on any atom is -0.468 e. The Bertz CT molecular complexity index is 391. The van der Waals surface area contributed by atoms with Crippen LogP contribution in [0, 0.1) is 0 Å². The Labute approximate surface area is 120 Å². The first-order valence-electron chi connectivity index (χ1n) is 6.62. The summed E-state index contributed by atoms with van der Waals surface area (Å²) in [6.45, 7) is 0. The highest BCUT2D eigenvalue weighted by Crippen LogP contribution is 2.30. The number of sulfonamides is 1. The Balaban J connectivity index is 2.74. The summed E-state index contributed by atoms with van der Waals surface area (Å²) in [4.78, 5) is 11.9. The van der Waals surface area contributed by atoms with Crippen LogP contribution >= 0.6 is 11.6 Å². The van der Waals surface area contributed by atoms with E-state index in [4.69, 9.17) is 16.3 Å². The molecule has 0 atom stereocenters. The van der Waals surface area contributed by atoms with Gasteiger partial charge in [-0.15, -0.1) is 11.6 Å². The molecule has 112 valence electrons. The molecule has 7 heteroatoms. The van der Waals surface area contributed by atoms with Gasteiger partial charge in [0.05, 0.1) is 12.9 Å². The first kappa shape index (κ1) is 16.7. The third kappa shape index (κ3) is 4.93. The summed E-state index contributed by atoms with van der Waals surface area (Å²) in [7, 11) is -2.18. The number of nitrogens with one attached hydrogen (secondary N) is 1. The molecule has 1 rings (SSSR count). The zero-order valence-electron chi connectivity index (χ0n) is 11.3. The summed E-state index contributed by atoms with van der Waals surface area (Å²) in [5, 5.41) is 0. The molecule has 0 saturated heterocycles. The van der Waals surface area contributed by atoms with E-state index in [-0.39, 0.29) is 5.75 Å². The second kappa shape index (κ2) is 7.45. The fourth-order valence-electron chi connectivity index (χ4n) is 2.43. The molecule has 1 fully saturated rings. The molecule has 0 spiro atoms. The predicted octanol–water partition coefficient (Wildman–Crippen LogP) is 1.80. The molecule has 0 amide bonds. The average molecular weight is 312 g/mol. The minimum atomic E-state index is -3.48. The predicted molar refractivity (Wildman–Crippen MR) is 74.7 cm³/mol. The lowest BCUT2D eigenvalue weighted by Crippen LogP contribution is -2.56. The third-order valence-electron chi connectivity index (χ3n) is 3.43. The molecular formula is C12H22ClNO4S. The number of hydrogen-bond acceptors (Lipinski definition) is 4. The molecule has 1 saturated carbocycles. The summed E-state index contributed by atoms with van der Waals surface area (Å²) < 4.78 is 31.4. The van der Waals surface area contributed by atoms with Gasteiger partial charge in [0.2, 0.25) is 10.0 Å². The number of rotatable bonds is 7. The van der Waals surface area contributed by atoms with Gasteiger partial charge in [-0.05, 0) is 25.7 Å². The molecule has 5 nitrogen and oxygen atoms in total. The van der Waals surface area contributed by atoms with Crippen molar-refractivity contribution in [3.8, 4) is 0 Å². The summed E-state index contributed by atoms with van der Waals surface area (Å²) in [5.74, 6) is -0.0380. The van der Waals surface area contributed by atoms with Crippen molar-refractivity contribution < 1.29 is 17.9 Å². The maximum absolute atomic E-state index is 12.0. The van der Waals surface area contributed by atoms with E-state index in [2.05, 4.69) is 4.72 Å². The van der Waals surface area contributed by atoms with Gasteiger partial charge in [0, 0.05) is 5.88 Å². The van der Waals surface area contributed by atoms with Crippen LogP contribution in [-0.2, 0) is 19.6 Å². The molecule has 19 heavy (non-hydrogen) atoms. The third-order valence-corrected chi connectivity index (χ3v) is 5.23. The Morgan fingerprint density at radius 3 is 2.42 bits per heavy atom. The monoisotopic (exact) mass is 311 g/mol. The molecular weight excluding hydrogens is 290 g/mol. The van der Waals surface area contributed by atoms with Crippen molar-refractivity contribution in [3.63, 3.8) is 0 Å². The number of halogens is 1. The van der Waals surface area contributed by atoms with Crippen LogP contribution in [0.15, 0.2) is 0 Å². The second-order valence-corrected chi connectivity index (χ2v) is 7.17. The molecule has 0 radical (unpaired) electrons. The van der Waals surface area contributed by atoms with Crippen molar-refractivity contribution in [2.75, 3.05) is 18.7 Å². The van der Waals surface area contributed by atoms with Crippen LogP contribution in [0.25, 0.3) is 0 Å². The van der Waals surface area contributed by atoms with Gasteiger partial charge in [0.25, 0.3) is 0 Å². The van der Waals surface area contributed by atoms with Gasteiger partial charge in [-0.3, -0.25) is 4.79 Å². The van der Waals surface area contributed by atoms with Crippen LogP contribution in [0.2, 0.25) is 0 Å². The van der Waals surface area contributed by atoms with E-state index in [0.717, 1.165) is 19.3 Å².